The zero-order valence-corrected chi connectivity index (χ0v) is 12.7. The lowest BCUT2D eigenvalue weighted by atomic mass is 10.0. The third kappa shape index (κ3) is 4.93. The maximum atomic E-state index is 12.4. The van der Waals surface area contributed by atoms with Crippen molar-refractivity contribution in [2.75, 3.05) is 27.2 Å². The largest absolute Gasteiger partial charge is 0.359 e. The van der Waals surface area contributed by atoms with E-state index in [1.54, 1.807) is 20.2 Å². The van der Waals surface area contributed by atoms with Gasteiger partial charge in [-0.05, 0) is 24.6 Å². The summed E-state index contributed by atoms with van der Waals surface area (Å²) in [6.07, 6.45) is 0.272. The highest BCUT2D eigenvalue weighted by Crippen LogP contribution is 2.13. The van der Waals surface area contributed by atoms with E-state index in [0.29, 0.717) is 17.7 Å². The molecule has 112 valence electrons. The van der Waals surface area contributed by atoms with Crippen LogP contribution in [0.15, 0.2) is 18.2 Å². The molecule has 5 heteroatoms. The molecule has 21 heavy (non-hydrogen) atoms. The molecule has 3 N–H and O–H groups in total. The Labute approximate surface area is 125 Å². The van der Waals surface area contributed by atoms with Gasteiger partial charge in [-0.2, -0.15) is 0 Å². The predicted molar refractivity (Wildman–Crippen MR) is 82.8 cm³/mol. The molecule has 5 nitrogen and oxygen atoms in total. The number of benzene rings is 1. The van der Waals surface area contributed by atoms with E-state index in [1.807, 2.05) is 19.1 Å². The molecule has 0 aliphatic rings. The summed E-state index contributed by atoms with van der Waals surface area (Å²) in [6.45, 7) is 2.54. The molecule has 1 aromatic rings. The first-order chi connectivity index (χ1) is 9.99. The first kappa shape index (κ1) is 16.7. The van der Waals surface area contributed by atoms with Gasteiger partial charge in [0.1, 0.15) is 0 Å². The number of nitrogens with one attached hydrogen (secondary N) is 1. The molecule has 1 aromatic carbocycles. The summed E-state index contributed by atoms with van der Waals surface area (Å²) >= 11 is 0. The molecule has 0 atom stereocenters. The van der Waals surface area contributed by atoms with E-state index < -0.39 is 0 Å². The minimum atomic E-state index is -0.153. The molecule has 0 saturated heterocycles. The topological polar surface area (TPSA) is 75.4 Å². The van der Waals surface area contributed by atoms with Crippen molar-refractivity contribution in [1.29, 1.82) is 0 Å². The highest BCUT2D eigenvalue weighted by atomic mass is 16.2. The molecular formula is C16H21N3O2. The van der Waals surface area contributed by atoms with E-state index in [2.05, 4.69) is 17.2 Å². The van der Waals surface area contributed by atoms with E-state index in [-0.39, 0.29) is 24.8 Å². The fraction of sp³-hybridized carbons (Fsp3) is 0.375. The molecular weight excluding hydrogens is 266 g/mol. The second-order valence-corrected chi connectivity index (χ2v) is 4.70. The monoisotopic (exact) mass is 287 g/mol. The van der Waals surface area contributed by atoms with Gasteiger partial charge in [0, 0.05) is 32.6 Å². The Balaban J connectivity index is 2.93. The van der Waals surface area contributed by atoms with Crippen molar-refractivity contribution in [3.05, 3.63) is 34.9 Å². The summed E-state index contributed by atoms with van der Waals surface area (Å²) in [4.78, 5) is 25.2. The normalized spacial score (nSPS) is 9.52. The fourth-order valence-corrected chi connectivity index (χ4v) is 1.80. The van der Waals surface area contributed by atoms with Gasteiger partial charge in [-0.15, -0.1) is 0 Å². The van der Waals surface area contributed by atoms with Crippen molar-refractivity contribution in [2.45, 2.75) is 13.3 Å². The van der Waals surface area contributed by atoms with Crippen LogP contribution in [-0.4, -0.2) is 43.9 Å². The van der Waals surface area contributed by atoms with Crippen LogP contribution in [0.3, 0.4) is 0 Å². The van der Waals surface area contributed by atoms with Gasteiger partial charge >= 0.3 is 0 Å². The van der Waals surface area contributed by atoms with Crippen LogP contribution in [0.25, 0.3) is 0 Å². The number of aryl methyl sites for hydroxylation is 1. The van der Waals surface area contributed by atoms with Gasteiger partial charge in [-0.25, -0.2) is 0 Å². The molecule has 1 rings (SSSR count). The molecule has 2 amide bonds. The van der Waals surface area contributed by atoms with Gasteiger partial charge in [0.25, 0.3) is 5.91 Å². The van der Waals surface area contributed by atoms with E-state index >= 15 is 0 Å². The van der Waals surface area contributed by atoms with Crippen LogP contribution in [0.1, 0.15) is 27.9 Å². The Morgan fingerprint density at radius 2 is 2.10 bits per heavy atom. The summed E-state index contributed by atoms with van der Waals surface area (Å²) in [5.74, 6) is 5.44. The average molecular weight is 287 g/mol. The van der Waals surface area contributed by atoms with Crippen LogP contribution < -0.4 is 11.1 Å². The zero-order valence-electron chi connectivity index (χ0n) is 12.7. The molecule has 0 aliphatic carbocycles. The lowest BCUT2D eigenvalue weighted by molar-refractivity contribution is -0.120. The van der Waals surface area contributed by atoms with Crippen molar-refractivity contribution in [3.63, 3.8) is 0 Å². The van der Waals surface area contributed by atoms with Crippen molar-refractivity contribution in [1.82, 2.24) is 10.2 Å². The molecule has 0 aromatic heterocycles. The molecule has 0 fully saturated rings. The second kappa shape index (κ2) is 8.08. The summed E-state index contributed by atoms with van der Waals surface area (Å²) in [7, 11) is 3.25. The number of carbonyl (C=O) groups excluding carboxylic acids is 2. The van der Waals surface area contributed by atoms with Crippen molar-refractivity contribution < 1.29 is 9.59 Å². The van der Waals surface area contributed by atoms with Gasteiger partial charge in [0.2, 0.25) is 5.91 Å². The number of hydrogen-bond donors (Lipinski definition) is 2. The third-order valence-electron chi connectivity index (χ3n) is 3.03. The molecule has 0 spiro atoms. The predicted octanol–water partition coefficient (Wildman–Crippen LogP) is 0.513. The summed E-state index contributed by atoms with van der Waals surface area (Å²) < 4.78 is 0. The number of nitrogens with two attached hydrogens (primary N) is 1. The van der Waals surface area contributed by atoms with Gasteiger partial charge in [0.05, 0.1) is 12.1 Å². The van der Waals surface area contributed by atoms with Crippen LogP contribution in [0.2, 0.25) is 0 Å². The molecule has 0 unspecified atom stereocenters. The van der Waals surface area contributed by atoms with Crippen LogP contribution >= 0.6 is 0 Å². The second-order valence-electron chi connectivity index (χ2n) is 4.70. The smallest absolute Gasteiger partial charge is 0.254 e. The van der Waals surface area contributed by atoms with Crippen LogP contribution in [0.4, 0.5) is 0 Å². The summed E-state index contributed by atoms with van der Waals surface area (Å²) in [6, 6.07) is 5.49. The Morgan fingerprint density at radius 1 is 1.38 bits per heavy atom. The summed E-state index contributed by atoms with van der Waals surface area (Å²) in [5, 5.41) is 2.53. The Hall–Kier alpha value is -2.32. The minimum absolute atomic E-state index is 0.0956. The average Bonchev–Trinajstić information content (AvgIpc) is 2.49. The minimum Gasteiger partial charge on any atom is -0.359 e. The number of amides is 2. The van der Waals surface area contributed by atoms with Gasteiger partial charge in [0.15, 0.2) is 0 Å². The van der Waals surface area contributed by atoms with E-state index in [1.165, 1.54) is 4.90 Å². The number of carbonyl (C=O) groups is 2. The van der Waals surface area contributed by atoms with Gasteiger partial charge in [-0.1, -0.05) is 17.9 Å². The summed E-state index contributed by atoms with van der Waals surface area (Å²) in [5.41, 5.74) is 7.60. The number of nitrogens with zero attached hydrogens (tertiary/aromatic N) is 1. The van der Waals surface area contributed by atoms with Crippen molar-refractivity contribution in [3.8, 4) is 11.8 Å². The highest BCUT2D eigenvalue weighted by molar-refractivity contribution is 5.97. The first-order valence-corrected chi connectivity index (χ1v) is 6.75. The van der Waals surface area contributed by atoms with E-state index in [0.717, 1.165) is 5.56 Å². The van der Waals surface area contributed by atoms with Crippen LogP contribution in [0, 0.1) is 18.8 Å². The molecule has 0 heterocycles. The van der Waals surface area contributed by atoms with Crippen molar-refractivity contribution >= 4 is 11.8 Å². The Bertz CT molecular complexity index is 585. The molecule has 0 saturated carbocycles. The van der Waals surface area contributed by atoms with Crippen LogP contribution in [0.5, 0.6) is 0 Å². The number of hydrogen-bond acceptors (Lipinski definition) is 3. The standard InChI is InChI=1S/C16H21N3O2/c1-12-6-7-14(13(11-12)5-4-9-17)16(21)19(3)10-8-15(20)18-2/h6-7,11H,8-10,17H2,1-3H3,(H,18,20). The molecule has 0 bridgehead atoms. The van der Waals surface area contributed by atoms with Gasteiger partial charge in [-0.3, -0.25) is 9.59 Å². The van der Waals surface area contributed by atoms with Crippen LogP contribution in [-0.2, 0) is 4.79 Å². The highest BCUT2D eigenvalue weighted by Gasteiger charge is 2.15. The third-order valence-corrected chi connectivity index (χ3v) is 3.03. The van der Waals surface area contributed by atoms with E-state index in [9.17, 15) is 9.59 Å². The maximum Gasteiger partial charge on any atom is 0.254 e. The zero-order chi connectivity index (χ0) is 15.8. The van der Waals surface area contributed by atoms with Gasteiger partial charge < -0.3 is 16.0 Å². The molecule has 0 aliphatic heterocycles. The van der Waals surface area contributed by atoms with Crippen molar-refractivity contribution in [2.24, 2.45) is 5.73 Å². The lowest BCUT2D eigenvalue weighted by Crippen LogP contribution is -2.31. The lowest BCUT2D eigenvalue weighted by Gasteiger charge is -2.17. The number of rotatable bonds is 4. The Morgan fingerprint density at radius 3 is 2.71 bits per heavy atom. The first-order valence-electron chi connectivity index (χ1n) is 6.75. The maximum absolute atomic E-state index is 12.4. The fourth-order valence-electron chi connectivity index (χ4n) is 1.80. The Kier molecular flexibility index (Phi) is 6.44. The quantitative estimate of drug-likeness (QED) is 0.792. The SMILES string of the molecule is CNC(=O)CCN(C)C(=O)c1ccc(C)cc1C#CCN. The van der Waals surface area contributed by atoms with E-state index in [4.69, 9.17) is 5.73 Å². The molecule has 0 radical (unpaired) electrons.